The molecule has 1 unspecified atom stereocenters. The van der Waals surface area contributed by atoms with Gasteiger partial charge in [-0.15, -0.1) is 0 Å². The number of carbonyl (C=O) groups excluding carboxylic acids is 1. The van der Waals surface area contributed by atoms with E-state index in [2.05, 4.69) is 6.92 Å². The highest BCUT2D eigenvalue weighted by Crippen LogP contribution is 2.17. The van der Waals surface area contributed by atoms with Crippen LogP contribution in [0, 0.1) is 0 Å². The first-order valence-electron chi connectivity index (χ1n) is 5.75. The van der Waals surface area contributed by atoms with E-state index >= 15 is 0 Å². The van der Waals surface area contributed by atoms with Crippen LogP contribution in [0.2, 0.25) is 0 Å². The molecule has 0 radical (unpaired) electrons. The molecule has 1 aliphatic heterocycles. The molecule has 1 saturated heterocycles. The van der Waals surface area contributed by atoms with Crippen LogP contribution in [0.25, 0.3) is 0 Å². The van der Waals surface area contributed by atoms with Gasteiger partial charge in [0.05, 0.1) is 13.7 Å². The molecule has 15 heavy (non-hydrogen) atoms. The number of unbranched alkanes of at least 4 members (excludes halogenated alkanes) is 2. The lowest BCUT2D eigenvalue weighted by Gasteiger charge is -2.34. The largest absolute Gasteiger partial charge is 0.453 e. The lowest BCUT2D eigenvalue weighted by Crippen LogP contribution is -2.46. The van der Waals surface area contributed by atoms with Crippen LogP contribution in [0.4, 0.5) is 4.79 Å². The van der Waals surface area contributed by atoms with E-state index in [0.29, 0.717) is 0 Å². The number of amides is 1. The number of hydrogen-bond acceptors (Lipinski definition) is 3. The van der Waals surface area contributed by atoms with Crippen LogP contribution in [0.5, 0.6) is 0 Å². The first kappa shape index (κ1) is 12.3. The minimum Gasteiger partial charge on any atom is -0.453 e. The topological polar surface area (TPSA) is 38.8 Å². The fourth-order valence-corrected chi connectivity index (χ4v) is 1.82. The number of ether oxygens (including phenoxy) is 2. The smallest absolute Gasteiger partial charge is 0.411 e. The van der Waals surface area contributed by atoms with E-state index in [1.165, 1.54) is 20.0 Å². The summed E-state index contributed by atoms with van der Waals surface area (Å²) in [5.41, 5.74) is 0. The van der Waals surface area contributed by atoms with Gasteiger partial charge >= 0.3 is 6.09 Å². The van der Waals surface area contributed by atoms with E-state index in [9.17, 15) is 4.79 Å². The summed E-state index contributed by atoms with van der Waals surface area (Å²) in [7, 11) is 1.42. The Morgan fingerprint density at radius 1 is 1.53 bits per heavy atom. The number of carbonyl (C=O) groups is 1. The molecule has 0 saturated carbocycles. The lowest BCUT2D eigenvalue weighted by atomic mass is 10.1. The zero-order chi connectivity index (χ0) is 11.1. The van der Waals surface area contributed by atoms with E-state index in [1.807, 2.05) is 0 Å². The summed E-state index contributed by atoms with van der Waals surface area (Å²) in [6, 6.07) is 0. The van der Waals surface area contributed by atoms with Crippen molar-refractivity contribution in [1.82, 2.24) is 4.90 Å². The van der Waals surface area contributed by atoms with Crippen molar-refractivity contribution in [1.29, 1.82) is 0 Å². The van der Waals surface area contributed by atoms with Crippen LogP contribution in [-0.4, -0.2) is 37.5 Å². The summed E-state index contributed by atoms with van der Waals surface area (Å²) >= 11 is 0. The van der Waals surface area contributed by atoms with Gasteiger partial charge in [-0.3, -0.25) is 4.90 Å². The maximum Gasteiger partial charge on any atom is 0.411 e. The van der Waals surface area contributed by atoms with Crippen molar-refractivity contribution in [3.8, 4) is 0 Å². The highest BCUT2D eigenvalue weighted by Gasteiger charge is 2.27. The Bertz CT molecular complexity index is 196. The molecule has 0 spiro atoms. The monoisotopic (exact) mass is 215 g/mol. The summed E-state index contributed by atoms with van der Waals surface area (Å²) in [5, 5.41) is 0. The molecule has 0 bridgehead atoms. The average molecular weight is 215 g/mol. The number of nitrogens with zero attached hydrogens (tertiary/aromatic N) is 1. The number of rotatable bonds is 4. The van der Waals surface area contributed by atoms with Gasteiger partial charge in [0.1, 0.15) is 6.23 Å². The Balaban J connectivity index is 2.39. The van der Waals surface area contributed by atoms with Crippen molar-refractivity contribution in [3.63, 3.8) is 0 Å². The Labute approximate surface area is 91.5 Å². The van der Waals surface area contributed by atoms with Crippen LogP contribution in [0.1, 0.15) is 39.0 Å². The van der Waals surface area contributed by atoms with Gasteiger partial charge in [0.2, 0.25) is 0 Å². The molecule has 4 heteroatoms. The van der Waals surface area contributed by atoms with E-state index in [1.54, 1.807) is 4.90 Å². The molecule has 0 aromatic heterocycles. The first-order valence-corrected chi connectivity index (χ1v) is 5.75. The fourth-order valence-electron chi connectivity index (χ4n) is 1.82. The van der Waals surface area contributed by atoms with Crippen LogP contribution >= 0.6 is 0 Å². The van der Waals surface area contributed by atoms with Crippen molar-refractivity contribution in [3.05, 3.63) is 0 Å². The minimum absolute atomic E-state index is 0.0715. The second-order valence-corrected chi connectivity index (χ2v) is 3.84. The number of methoxy groups -OCH3 is 1. The molecule has 0 aromatic carbocycles. The molecule has 1 atom stereocenters. The zero-order valence-electron chi connectivity index (χ0n) is 9.70. The van der Waals surface area contributed by atoms with Gasteiger partial charge < -0.3 is 9.47 Å². The van der Waals surface area contributed by atoms with Crippen LogP contribution in [0.15, 0.2) is 0 Å². The summed E-state index contributed by atoms with van der Waals surface area (Å²) < 4.78 is 10.3. The van der Waals surface area contributed by atoms with E-state index in [0.717, 1.165) is 32.4 Å². The van der Waals surface area contributed by atoms with Gasteiger partial charge in [0.25, 0.3) is 0 Å². The maximum atomic E-state index is 11.4. The molecule has 1 amide bonds. The summed E-state index contributed by atoms with van der Waals surface area (Å²) in [6.07, 6.45) is 4.96. The number of hydrogen-bond donors (Lipinski definition) is 0. The van der Waals surface area contributed by atoms with E-state index in [-0.39, 0.29) is 12.3 Å². The fraction of sp³-hybridized carbons (Fsp3) is 0.909. The first-order chi connectivity index (χ1) is 7.29. The van der Waals surface area contributed by atoms with Crippen molar-refractivity contribution < 1.29 is 14.3 Å². The molecule has 1 rings (SSSR count). The van der Waals surface area contributed by atoms with E-state index in [4.69, 9.17) is 9.47 Å². The summed E-state index contributed by atoms with van der Waals surface area (Å²) in [5.74, 6) is 0. The predicted molar refractivity (Wildman–Crippen MR) is 57.6 cm³/mol. The SMILES string of the molecule is CCCCCC1OCCCN1C(=O)OC. The zero-order valence-corrected chi connectivity index (χ0v) is 9.70. The molecule has 0 aromatic rings. The second kappa shape index (κ2) is 6.67. The van der Waals surface area contributed by atoms with Gasteiger partial charge in [-0.05, 0) is 19.3 Å². The second-order valence-electron chi connectivity index (χ2n) is 3.84. The van der Waals surface area contributed by atoms with Gasteiger partial charge in [0.15, 0.2) is 0 Å². The highest BCUT2D eigenvalue weighted by molar-refractivity contribution is 5.67. The van der Waals surface area contributed by atoms with Crippen molar-refractivity contribution >= 4 is 6.09 Å². The molecule has 88 valence electrons. The van der Waals surface area contributed by atoms with Crippen LogP contribution in [0.3, 0.4) is 0 Å². The summed E-state index contributed by atoms with van der Waals surface area (Å²) in [6.45, 7) is 3.67. The quantitative estimate of drug-likeness (QED) is 0.676. The molecule has 1 fully saturated rings. The Kier molecular flexibility index (Phi) is 5.47. The van der Waals surface area contributed by atoms with Gasteiger partial charge in [-0.25, -0.2) is 4.79 Å². The van der Waals surface area contributed by atoms with Crippen molar-refractivity contribution in [2.75, 3.05) is 20.3 Å². The van der Waals surface area contributed by atoms with Gasteiger partial charge in [-0.1, -0.05) is 19.8 Å². The molecule has 1 heterocycles. The van der Waals surface area contributed by atoms with E-state index < -0.39 is 0 Å². The molecular weight excluding hydrogens is 194 g/mol. The third-order valence-corrected chi connectivity index (χ3v) is 2.66. The van der Waals surface area contributed by atoms with Crippen LogP contribution < -0.4 is 0 Å². The minimum atomic E-state index is -0.267. The van der Waals surface area contributed by atoms with Gasteiger partial charge in [0, 0.05) is 6.54 Å². The average Bonchev–Trinajstić information content (AvgIpc) is 2.29. The van der Waals surface area contributed by atoms with Crippen molar-refractivity contribution in [2.24, 2.45) is 0 Å². The molecule has 0 N–H and O–H groups in total. The third-order valence-electron chi connectivity index (χ3n) is 2.66. The lowest BCUT2D eigenvalue weighted by molar-refractivity contribution is -0.0873. The third kappa shape index (κ3) is 3.70. The molecule has 4 nitrogen and oxygen atoms in total. The van der Waals surface area contributed by atoms with Crippen LogP contribution in [-0.2, 0) is 9.47 Å². The normalized spacial score (nSPS) is 21.5. The van der Waals surface area contributed by atoms with Gasteiger partial charge in [-0.2, -0.15) is 0 Å². The molecule has 1 aliphatic rings. The Hall–Kier alpha value is -0.770. The Morgan fingerprint density at radius 3 is 3.00 bits per heavy atom. The molecular formula is C11H21NO3. The summed E-state index contributed by atoms with van der Waals surface area (Å²) in [4.78, 5) is 13.1. The Morgan fingerprint density at radius 2 is 2.33 bits per heavy atom. The maximum absolute atomic E-state index is 11.4. The highest BCUT2D eigenvalue weighted by atomic mass is 16.6. The standard InChI is InChI=1S/C11H21NO3/c1-3-4-5-7-10-12(11(13)14-2)8-6-9-15-10/h10H,3-9H2,1-2H3. The molecule has 0 aliphatic carbocycles. The van der Waals surface area contributed by atoms with Crippen molar-refractivity contribution in [2.45, 2.75) is 45.3 Å². The predicted octanol–water partition coefficient (Wildman–Crippen LogP) is 2.38.